The SMILES string of the molecule is O=C(Nc1ccc2c(c1)OCO2)C1CCN(C(=O)C=Cc2cc(Br)ccc2F)CC1. The van der Waals surface area contributed by atoms with Crippen LogP contribution in [0.5, 0.6) is 11.5 Å². The Morgan fingerprint density at radius 2 is 1.87 bits per heavy atom. The van der Waals surface area contributed by atoms with E-state index in [1.807, 2.05) is 0 Å². The second-order valence-electron chi connectivity index (χ2n) is 7.16. The van der Waals surface area contributed by atoms with Crippen molar-refractivity contribution in [2.24, 2.45) is 5.92 Å². The van der Waals surface area contributed by atoms with Crippen molar-refractivity contribution in [1.29, 1.82) is 0 Å². The van der Waals surface area contributed by atoms with Crippen LogP contribution in [-0.4, -0.2) is 36.6 Å². The molecule has 0 bridgehead atoms. The molecule has 4 rings (SSSR count). The number of nitrogens with zero attached hydrogens (tertiary/aromatic N) is 1. The summed E-state index contributed by atoms with van der Waals surface area (Å²) in [5, 5.41) is 2.91. The summed E-state index contributed by atoms with van der Waals surface area (Å²) in [6.07, 6.45) is 3.99. The van der Waals surface area contributed by atoms with Crippen LogP contribution in [0.25, 0.3) is 6.08 Å². The fourth-order valence-electron chi connectivity index (χ4n) is 3.49. The van der Waals surface area contributed by atoms with Crippen LogP contribution < -0.4 is 14.8 Å². The van der Waals surface area contributed by atoms with E-state index in [1.165, 1.54) is 18.2 Å². The number of benzene rings is 2. The number of hydrogen-bond acceptors (Lipinski definition) is 4. The molecule has 2 amide bonds. The number of amides is 2. The lowest BCUT2D eigenvalue weighted by Crippen LogP contribution is -2.40. The van der Waals surface area contributed by atoms with E-state index in [0.29, 0.717) is 48.7 Å². The minimum Gasteiger partial charge on any atom is -0.454 e. The molecule has 2 aromatic rings. The topological polar surface area (TPSA) is 67.9 Å². The van der Waals surface area contributed by atoms with E-state index in [4.69, 9.17) is 9.47 Å². The van der Waals surface area contributed by atoms with Crippen LogP contribution in [0.2, 0.25) is 0 Å². The van der Waals surface area contributed by atoms with Crippen LogP contribution in [0.1, 0.15) is 18.4 Å². The van der Waals surface area contributed by atoms with Gasteiger partial charge in [-0.3, -0.25) is 9.59 Å². The van der Waals surface area contributed by atoms with E-state index in [0.717, 1.165) is 4.47 Å². The first kappa shape index (κ1) is 20.4. The molecule has 0 atom stereocenters. The molecule has 0 radical (unpaired) electrons. The monoisotopic (exact) mass is 474 g/mol. The van der Waals surface area contributed by atoms with Crippen molar-refractivity contribution in [2.45, 2.75) is 12.8 Å². The second-order valence-corrected chi connectivity index (χ2v) is 8.07. The number of nitrogens with one attached hydrogen (secondary N) is 1. The average Bonchev–Trinajstić information content (AvgIpc) is 3.22. The summed E-state index contributed by atoms with van der Waals surface area (Å²) in [5.74, 6) is 0.446. The first-order valence-electron chi connectivity index (χ1n) is 9.62. The molecule has 1 saturated heterocycles. The predicted molar refractivity (Wildman–Crippen MR) is 114 cm³/mol. The van der Waals surface area contributed by atoms with Crippen molar-refractivity contribution in [3.05, 3.63) is 58.3 Å². The van der Waals surface area contributed by atoms with Gasteiger partial charge in [0.1, 0.15) is 5.82 Å². The van der Waals surface area contributed by atoms with Crippen molar-refractivity contribution in [2.75, 3.05) is 25.2 Å². The molecule has 156 valence electrons. The first-order valence-corrected chi connectivity index (χ1v) is 10.4. The van der Waals surface area contributed by atoms with Crippen molar-refractivity contribution < 1.29 is 23.5 Å². The van der Waals surface area contributed by atoms with Gasteiger partial charge >= 0.3 is 0 Å². The molecule has 30 heavy (non-hydrogen) atoms. The predicted octanol–water partition coefficient (Wildman–Crippen LogP) is 4.21. The van der Waals surface area contributed by atoms with Gasteiger partial charge in [-0.15, -0.1) is 0 Å². The van der Waals surface area contributed by atoms with Gasteiger partial charge in [0.2, 0.25) is 18.6 Å². The molecule has 1 fully saturated rings. The summed E-state index contributed by atoms with van der Waals surface area (Å²) in [6.45, 7) is 1.13. The Hall–Kier alpha value is -2.87. The molecule has 8 heteroatoms. The summed E-state index contributed by atoms with van der Waals surface area (Å²) in [4.78, 5) is 26.7. The maximum atomic E-state index is 13.8. The van der Waals surface area contributed by atoms with Gasteiger partial charge < -0.3 is 19.7 Å². The molecule has 0 unspecified atom stereocenters. The van der Waals surface area contributed by atoms with E-state index in [2.05, 4.69) is 21.2 Å². The second kappa shape index (κ2) is 8.87. The lowest BCUT2D eigenvalue weighted by atomic mass is 9.95. The van der Waals surface area contributed by atoms with Gasteiger partial charge in [-0.2, -0.15) is 0 Å². The van der Waals surface area contributed by atoms with Crippen LogP contribution in [0.3, 0.4) is 0 Å². The maximum absolute atomic E-state index is 13.8. The fraction of sp³-hybridized carbons (Fsp3) is 0.273. The third-order valence-electron chi connectivity index (χ3n) is 5.18. The van der Waals surface area contributed by atoms with E-state index in [-0.39, 0.29) is 30.3 Å². The van der Waals surface area contributed by atoms with Gasteiger partial charge in [-0.25, -0.2) is 4.39 Å². The zero-order valence-corrected chi connectivity index (χ0v) is 17.7. The Morgan fingerprint density at radius 1 is 1.10 bits per heavy atom. The third kappa shape index (κ3) is 4.64. The molecule has 2 aromatic carbocycles. The lowest BCUT2D eigenvalue weighted by Gasteiger charge is -2.30. The number of ether oxygens (including phenoxy) is 2. The molecule has 0 aliphatic carbocycles. The highest BCUT2D eigenvalue weighted by molar-refractivity contribution is 9.10. The maximum Gasteiger partial charge on any atom is 0.246 e. The summed E-state index contributed by atoms with van der Waals surface area (Å²) in [7, 11) is 0. The molecular weight excluding hydrogens is 455 g/mol. The molecule has 2 aliphatic rings. The van der Waals surface area contributed by atoms with E-state index in [1.54, 1.807) is 35.2 Å². The molecule has 2 heterocycles. The van der Waals surface area contributed by atoms with Crippen LogP contribution in [0.15, 0.2) is 46.9 Å². The van der Waals surface area contributed by atoms with Gasteiger partial charge in [-0.05, 0) is 49.2 Å². The summed E-state index contributed by atoms with van der Waals surface area (Å²) >= 11 is 3.29. The van der Waals surface area contributed by atoms with Gasteiger partial charge in [0.05, 0.1) is 0 Å². The Balaban J connectivity index is 1.30. The van der Waals surface area contributed by atoms with Gasteiger partial charge in [0, 0.05) is 46.9 Å². The average molecular weight is 475 g/mol. The van der Waals surface area contributed by atoms with Crippen molar-refractivity contribution in [1.82, 2.24) is 4.90 Å². The molecule has 2 aliphatic heterocycles. The van der Waals surface area contributed by atoms with Crippen LogP contribution in [0, 0.1) is 11.7 Å². The fourth-order valence-corrected chi connectivity index (χ4v) is 3.87. The molecule has 6 nitrogen and oxygen atoms in total. The third-order valence-corrected chi connectivity index (χ3v) is 5.67. The number of likely N-dealkylation sites (tertiary alicyclic amines) is 1. The quantitative estimate of drug-likeness (QED) is 0.674. The Labute approximate surface area is 181 Å². The Morgan fingerprint density at radius 3 is 2.67 bits per heavy atom. The number of anilines is 1. The van der Waals surface area contributed by atoms with Crippen molar-refractivity contribution >= 4 is 39.5 Å². The summed E-state index contributed by atoms with van der Waals surface area (Å²) in [6, 6.07) is 9.85. The first-order chi connectivity index (χ1) is 14.5. The zero-order valence-electron chi connectivity index (χ0n) is 16.1. The standard InChI is InChI=1S/C22H20BrFN2O4/c23-16-2-4-18(24)15(11-16)1-6-21(27)26-9-7-14(8-10-26)22(28)25-17-3-5-19-20(12-17)30-13-29-19/h1-6,11-12,14H,7-10,13H2,(H,25,28). The van der Waals surface area contributed by atoms with Crippen molar-refractivity contribution in [3.8, 4) is 11.5 Å². The van der Waals surface area contributed by atoms with E-state index >= 15 is 0 Å². The molecule has 0 spiro atoms. The minimum absolute atomic E-state index is 0.0762. The van der Waals surface area contributed by atoms with Crippen molar-refractivity contribution in [3.63, 3.8) is 0 Å². The number of hydrogen-bond donors (Lipinski definition) is 1. The number of piperidine rings is 1. The number of rotatable bonds is 4. The molecule has 0 saturated carbocycles. The zero-order chi connectivity index (χ0) is 21.1. The Kier molecular flexibility index (Phi) is 6.03. The van der Waals surface area contributed by atoms with Crippen LogP contribution >= 0.6 is 15.9 Å². The number of halogens is 2. The lowest BCUT2D eigenvalue weighted by molar-refractivity contribution is -0.130. The Bertz CT molecular complexity index is 1000. The highest BCUT2D eigenvalue weighted by Crippen LogP contribution is 2.34. The van der Waals surface area contributed by atoms with E-state index < -0.39 is 0 Å². The summed E-state index contributed by atoms with van der Waals surface area (Å²) in [5.41, 5.74) is 0.998. The van der Waals surface area contributed by atoms with Gasteiger partial charge in [0.25, 0.3) is 0 Å². The van der Waals surface area contributed by atoms with Crippen LogP contribution in [-0.2, 0) is 9.59 Å². The van der Waals surface area contributed by atoms with E-state index in [9.17, 15) is 14.0 Å². The molecular formula is C22H20BrFN2O4. The number of fused-ring (bicyclic) bond motifs is 1. The largest absolute Gasteiger partial charge is 0.454 e. The molecule has 1 N–H and O–H groups in total. The normalized spacial score (nSPS) is 16.1. The number of carbonyl (C=O) groups is 2. The molecule has 0 aromatic heterocycles. The number of carbonyl (C=O) groups excluding carboxylic acids is 2. The van der Waals surface area contributed by atoms with Gasteiger partial charge in [0.15, 0.2) is 11.5 Å². The summed E-state index contributed by atoms with van der Waals surface area (Å²) < 4.78 is 25.1. The van der Waals surface area contributed by atoms with Gasteiger partial charge in [-0.1, -0.05) is 15.9 Å². The highest BCUT2D eigenvalue weighted by Gasteiger charge is 2.27. The smallest absolute Gasteiger partial charge is 0.246 e. The van der Waals surface area contributed by atoms with Crippen LogP contribution in [0.4, 0.5) is 10.1 Å². The minimum atomic E-state index is -0.388. The highest BCUT2D eigenvalue weighted by atomic mass is 79.9.